The quantitative estimate of drug-likeness (QED) is 0.0801. The van der Waals surface area contributed by atoms with Crippen LogP contribution in [-0.2, 0) is 0 Å². The van der Waals surface area contributed by atoms with E-state index in [1.54, 1.807) is 6.92 Å². The van der Waals surface area contributed by atoms with Crippen LogP contribution >= 0.6 is 23.5 Å². The van der Waals surface area contributed by atoms with E-state index in [-0.39, 0.29) is 0 Å². The monoisotopic (exact) mass is 770 g/mol. The molecule has 0 aromatic heterocycles. The zero-order valence-corrected chi connectivity index (χ0v) is 38.9. The van der Waals surface area contributed by atoms with Gasteiger partial charge in [-0.3, -0.25) is 20.0 Å². The zero-order chi connectivity index (χ0) is 41.8. The molecule has 0 unspecified atom stereocenters. The van der Waals surface area contributed by atoms with Crippen molar-refractivity contribution in [3.63, 3.8) is 0 Å². The molecule has 7 N–H and O–H groups in total. The Hall–Kier alpha value is -2.14. The predicted octanol–water partition coefficient (Wildman–Crippen LogP) is 11.0. The van der Waals surface area contributed by atoms with Crippen molar-refractivity contribution in [1.82, 2.24) is 5.32 Å². The maximum Gasteiger partial charge on any atom is 0.153 e. The molecule has 0 saturated carbocycles. The molecule has 2 aliphatic rings. The fraction of sp³-hybridized carbons (Fsp3) is 0.805. The van der Waals surface area contributed by atoms with E-state index in [0.29, 0.717) is 34.9 Å². The topological polar surface area (TPSA) is 161 Å². The summed E-state index contributed by atoms with van der Waals surface area (Å²) in [5.74, 6) is 6.44. The molecule has 2 rings (SSSR count). The molecule has 52 heavy (non-hydrogen) atoms. The van der Waals surface area contributed by atoms with Gasteiger partial charge in [-0.2, -0.15) is 0 Å². The van der Waals surface area contributed by atoms with Crippen LogP contribution in [0, 0.1) is 40.4 Å². The Bertz CT molecular complexity index is 960. The van der Waals surface area contributed by atoms with Crippen LogP contribution in [0.4, 0.5) is 0 Å². The minimum atomic E-state index is 0.322. The molecule has 2 heterocycles. The highest BCUT2D eigenvalue weighted by Crippen LogP contribution is 2.17. The Balaban J connectivity index is -0.000000166. The fourth-order valence-electron chi connectivity index (χ4n) is 3.48. The third-order valence-electron chi connectivity index (χ3n) is 5.85. The molecule has 0 bridgehead atoms. The second-order valence-corrected chi connectivity index (χ2v) is 17.3. The molecule has 0 amide bonds. The molecule has 0 saturated heterocycles. The summed E-state index contributed by atoms with van der Waals surface area (Å²) in [5, 5.41) is 19.2. The van der Waals surface area contributed by atoms with Crippen LogP contribution in [0.3, 0.4) is 0 Å². The lowest BCUT2D eigenvalue weighted by Crippen LogP contribution is -2.19. The lowest BCUT2D eigenvalue weighted by molar-refractivity contribution is 0.664. The highest BCUT2D eigenvalue weighted by Gasteiger charge is 2.08. The maximum absolute atomic E-state index is 7.02. The number of aliphatic imine (C=N–C) groups is 4. The molecular formula is C41H87N9S2. The van der Waals surface area contributed by atoms with Crippen LogP contribution in [0.25, 0.3) is 0 Å². The second kappa shape index (κ2) is 40.1. The molecule has 0 aromatic carbocycles. The van der Waals surface area contributed by atoms with Gasteiger partial charge in [0, 0.05) is 48.8 Å². The Morgan fingerprint density at radius 1 is 0.808 bits per heavy atom. The van der Waals surface area contributed by atoms with Gasteiger partial charge in [-0.15, -0.1) is 18.3 Å². The van der Waals surface area contributed by atoms with E-state index in [9.17, 15) is 0 Å². The molecule has 0 spiro atoms. The lowest BCUT2D eigenvalue weighted by atomic mass is 10.1. The van der Waals surface area contributed by atoms with Gasteiger partial charge in [0.05, 0.1) is 23.3 Å². The summed E-state index contributed by atoms with van der Waals surface area (Å²) in [5.41, 5.74) is 12.2. The number of nitrogens with two attached hydrogens (primary N) is 2. The molecular weight excluding hydrogens is 683 g/mol. The van der Waals surface area contributed by atoms with Crippen LogP contribution in [0.1, 0.15) is 143 Å². The highest BCUT2D eigenvalue weighted by molar-refractivity contribution is 8.14. The molecule has 2 aliphatic heterocycles. The van der Waals surface area contributed by atoms with Crippen molar-refractivity contribution in [1.29, 1.82) is 10.8 Å². The van der Waals surface area contributed by atoms with E-state index in [2.05, 4.69) is 87.3 Å². The average Bonchev–Trinajstić information content (AvgIpc) is 3.67. The van der Waals surface area contributed by atoms with E-state index in [0.717, 1.165) is 68.1 Å². The third-order valence-corrected chi connectivity index (χ3v) is 7.39. The summed E-state index contributed by atoms with van der Waals surface area (Å²) in [7, 11) is 0. The first-order chi connectivity index (χ1) is 23.9. The van der Waals surface area contributed by atoms with Crippen molar-refractivity contribution in [2.24, 2.45) is 61.0 Å². The van der Waals surface area contributed by atoms with Gasteiger partial charge in [-0.05, 0) is 104 Å². The van der Waals surface area contributed by atoms with Crippen molar-refractivity contribution in [3.05, 3.63) is 12.7 Å². The van der Waals surface area contributed by atoms with Gasteiger partial charge >= 0.3 is 0 Å². The van der Waals surface area contributed by atoms with Gasteiger partial charge in [-0.1, -0.05) is 87.1 Å². The molecule has 0 fully saturated rings. The SMILES string of the molecule is C=CCC(C)C.CC(=N)C(C)C.CC(=N)CC(C)C.CC(C)CC1=NCCN1.CC(C)CC1=NCCS1.CC(N)=NC(C)C.CSC(N)=NC(C)C. The van der Waals surface area contributed by atoms with Crippen molar-refractivity contribution in [2.75, 3.05) is 31.6 Å². The minimum absolute atomic E-state index is 0.322. The highest BCUT2D eigenvalue weighted by atomic mass is 32.2. The molecule has 0 radical (unpaired) electrons. The number of allylic oxidation sites excluding steroid dienone is 1. The normalized spacial score (nSPS) is 13.5. The summed E-state index contributed by atoms with van der Waals surface area (Å²) in [6.45, 7) is 41.7. The van der Waals surface area contributed by atoms with Crippen LogP contribution in [0.5, 0.6) is 0 Å². The van der Waals surface area contributed by atoms with Gasteiger partial charge in [0.2, 0.25) is 0 Å². The van der Waals surface area contributed by atoms with Crippen LogP contribution in [0.15, 0.2) is 32.6 Å². The van der Waals surface area contributed by atoms with Crippen LogP contribution < -0.4 is 16.8 Å². The Morgan fingerprint density at radius 3 is 1.48 bits per heavy atom. The van der Waals surface area contributed by atoms with Crippen molar-refractivity contribution >= 4 is 56.8 Å². The summed E-state index contributed by atoms with van der Waals surface area (Å²) in [6, 6.07) is 0.660. The number of amidine groups is 3. The smallest absolute Gasteiger partial charge is 0.153 e. The predicted molar refractivity (Wildman–Crippen MR) is 247 cm³/mol. The summed E-state index contributed by atoms with van der Waals surface area (Å²) < 4.78 is 0. The maximum atomic E-state index is 7.02. The fourth-order valence-corrected chi connectivity index (χ4v) is 4.85. The van der Waals surface area contributed by atoms with Gasteiger partial charge in [0.15, 0.2) is 5.17 Å². The number of thioether (sulfide) groups is 2. The van der Waals surface area contributed by atoms with E-state index in [4.69, 9.17) is 22.3 Å². The minimum Gasteiger partial charge on any atom is -0.388 e. The van der Waals surface area contributed by atoms with Crippen molar-refractivity contribution in [3.8, 4) is 0 Å². The van der Waals surface area contributed by atoms with Gasteiger partial charge < -0.3 is 27.6 Å². The summed E-state index contributed by atoms with van der Waals surface area (Å²) >= 11 is 3.40. The number of nitrogens with zero attached hydrogens (tertiary/aromatic N) is 4. The first kappa shape index (κ1) is 59.1. The second-order valence-electron chi connectivity index (χ2n) is 15.3. The van der Waals surface area contributed by atoms with Gasteiger partial charge in [0.25, 0.3) is 0 Å². The first-order valence-corrected chi connectivity index (χ1v) is 21.4. The first-order valence-electron chi connectivity index (χ1n) is 19.2. The van der Waals surface area contributed by atoms with Crippen LogP contribution in [-0.4, -0.2) is 77.0 Å². The number of hydrogen-bond acceptors (Lipinski definition) is 9. The number of hydrogen-bond donors (Lipinski definition) is 5. The largest absolute Gasteiger partial charge is 0.388 e. The molecule has 0 atom stereocenters. The zero-order valence-electron chi connectivity index (χ0n) is 37.2. The Morgan fingerprint density at radius 2 is 1.31 bits per heavy atom. The van der Waals surface area contributed by atoms with Gasteiger partial charge in [-0.25, -0.2) is 0 Å². The van der Waals surface area contributed by atoms with E-state index >= 15 is 0 Å². The molecule has 308 valence electrons. The number of nitrogens with one attached hydrogen (secondary N) is 3. The standard InChI is InChI=1S/C7H14N2.C7H13NS.C6H13N.C6H12.C5H12N2S.C5H12N2.C5H11N/c2*1-6(2)5-7-8-3-4-9-7;1-5(2)4-6(3)7;1-4-5-6(2)3;1-4(2)7-5(6)8-3;1-4(2)7-5(3)6;1-4(2)5(3)6/h6H,3-5H2,1-2H3,(H,8,9);6H,3-5H2,1-2H3;5,7H,4H2,1-3H3;4,6H,1,5H2,2-3H3;4H,1-3H3,(H2,6,7);4H,1-3H3,(H2,6,7);4,6H,1-3H3. The molecule has 9 nitrogen and oxygen atoms in total. The van der Waals surface area contributed by atoms with Crippen LogP contribution in [0.2, 0.25) is 0 Å². The summed E-state index contributed by atoms with van der Waals surface area (Å²) in [4.78, 5) is 16.7. The van der Waals surface area contributed by atoms with E-state index in [1.165, 1.54) is 34.8 Å². The Labute approximate surface area is 332 Å². The third kappa shape index (κ3) is 62.9. The van der Waals surface area contributed by atoms with E-state index < -0.39 is 0 Å². The van der Waals surface area contributed by atoms with Crippen molar-refractivity contribution in [2.45, 2.75) is 155 Å². The molecule has 0 aromatic rings. The van der Waals surface area contributed by atoms with E-state index in [1.807, 2.05) is 79.5 Å². The lowest BCUT2D eigenvalue weighted by Gasteiger charge is -2.03. The Kier molecular flexibility index (Phi) is 45.6. The molecule has 11 heteroatoms. The number of rotatable bonds is 11. The van der Waals surface area contributed by atoms with Crippen molar-refractivity contribution < 1.29 is 0 Å². The van der Waals surface area contributed by atoms with Gasteiger partial charge in [0.1, 0.15) is 0 Å². The summed E-state index contributed by atoms with van der Waals surface area (Å²) in [6.07, 6.45) is 8.25. The average molecular weight is 770 g/mol. The molecule has 0 aliphatic carbocycles.